The SMILES string of the molecule is OC(NC1CC1c1ccccc1)c1cccc(NC2=CCC(c3cnccn3)CC=C2)c1.[HH].[HH]. The molecular weight excluding hydrogens is 396 g/mol. The number of allylic oxidation sites excluding steroid dienone is 3. The van der Waals surface area contributed by atoms with E-state index in [1.807, 2.05) is 36.5 Å². The normalized spacial score (nSPS) is 23.2. The molecule has 166 valence electrons. The van der Waals surface area contributed by atoms with E-state index in [0.29, 0.717) is 17.9 Å². The van der Waals surface area contributed by atoms with E-state index in [0.717, 1.165) is 41.9 Å². The van der Waals surface area contributed by atoms with Crippen LogP contribution >= 0.6 is 0 Å². The molecule has 2 aliphatic rings. The third-order valence-electron chi connectivity index (χ3n) is 6.22. The van der Waals surface area contributed by atoms with Gasteiger partial charge in [-0.05, 0) is 48.6 Å². The largest absolute Gasteiger partial charge is 0.374 e. The molecule has 32 heavy (non-hydrogen) atoms. The minimum atomic E-state index is -0.685. The number of rotatable bonds is 7. The van der Waals surface area contributed by atoms with Crippen LogP contribution in [0.1, 0.15) is 57.0 Å². The highest BCUT2D eigenvalue weighted by Gasteiger charge is 2.39. The standard InChI is InChI=1S/C27H28N4O.2H2/c32-27(31-25-17-24(25)19-6-2-1-3-7-19)21-9-5-11-23(16-21)30-22-10-4-8-20(12-13-22)26-18-28-14-15-29-26;;/h1-7,9-11,13-16,18,20,24-25,27,30-32H,8,12,17H2;2*1H. The molecular formula is C27H32N4O. The molecule has 4 unspecified atom stereocenters. The van der Waals surface area contributed by atoms with Gasteiger partial charge in [-0.3, -0.25) is 15.3 Å². The highest BCUT2D eigenvalue weighted by atomic mass is 16.3. The van der Waals surface area contributed by atoms with Crippen molar-refractivity contribution >= 4 is 5.69 Å². The zero-order chi connectivity index (χ0) is 21.8. The zero-order valence-corrected chi connectivity index (χ0v) is 17.9. The van der Waals surface area contributed by atoms with E-state index in [-0.39, 0.29) is 2.85 Å². The van der Waals surface area contributed by atoms with E-state index in [1.54, 1.807) is 12.4 Å². The van der Waals surface area contributed by atoms with Gasteiger partial charge in [-0.1, -0.05) is 54.6 Å². The first-order valence-electron chi connectivity index (χ1n) is 11.2. The Balaban J connectivity index is 0.00000162. The number of nitrogens with one attached hydrogen (secondary N) is 2. The van der Waals surface area contributed by atoms with Crippen molar-refractivity contribution in [1.82, 2.24) is 15.3 Å². The Kier molecular flexibility index (Phi) is 6.10. The van der Waals surface area contributed by atoms with E-state index in [4.69, 9.17) is 0 Å². The molecule has 1 heterocycles. The maximum absolute atomic E-state index is 10.8. The first-order chi connectivity index (χ1) is 15.8. The number of nitrogens with zero attached hydrogens (tertiary/aromatic N) is 2. The topological polar surface area (TPSA) is 70.1 Å². The summed E-state index contributed by atoms with van der Waals surface area (Å²) >= 11 is 0. The Labute approximate surface area is 191 Å². The minimum absolute atomic E-state index is 0. The van der Waals surface area contributed by atoms with Gasteiger partial charge < -0.3 is 10.4 Å². The molecule has 1 aromatic heterocycles. The molecule has 3 N–H and O–H groups in total. The third kappa shape index (κ3) is 4.96. The van der Waals surface area contributed by atoms with Crippen LogP contribution in [0.25, 0.3) is 0 Å². The molecule has 5 heteroatoms. The predicted octanol–water partition coefficient (Wildman–Crippen LogP) is 5.53. The number of hydrogen-bond donors (Lipinski definition) is 3. The van der Waals surface area contributed by atoms with Crippen LogP contribution in [0.3, 0.4) is 0 Å². The molecule has 0 saturated heterocycles. The number of hydrogen-bond acceptors (Lipinski definition) is 5. The first-order valence-corrected chi connectivity index (χ1v) is 11.2. The molecule has 0 spiro atoms. The van der Waals surface area contributed by atoms with E-state index in [2.05, 4.69) is 63.1 Å². The summed E-state index contributed by atoms with van der Waals surface area (Å²) in [5.41, 5.74) is 5.25. The molecule has 2 aromatic carbocycles. The van der Waals surface area contributed by atoms with Gasteiger partial charge in [-0.2, -0.15) is 0 Å². The average molecular weight is 429 g/mol. The summed E-state index contributed by atoms with van der Waals surface area (Å²) in [6, 6.07) is 18.8. The lowest BCUT2D eigenvalue weighted by Crippen LogP contribution is -2.24. The molecule has 2 aliphatic carbocycles. The van der Waals surface area contributed by atoms with Crippen molar-refractivity contribution in [2.45, 2.75) is 43.4 Å². The number of benzene rings is 2. The number of aromatic nitrogens is 2. The average Bonchev–Trinajstić information content (AvgIpc) is 3.64. The maximum Gasteiger partial charge on any atom is 0.131 e. The molecule has 0 bridgehead atoms. The van der Waals surface area contributed by atoms with Crippen LogP contribution in [-0.4, -0.2) is 21.1 Å². The van der Waals surface area contributed by atoms with Crippen molar-refractivity contribution in [1.29, 1.82) is 0 Å². The minimum Gasteiger partial charge on any atom is -0.374 e. The van der Waals surface area contributed by atoms with Crippen molar-refractivity contribution < 1.29 is 7.96 Å². The van der Waals surface area contributed by atoms with Crippen LogP contribution in [0.15, 0.2) is 97.1 Å². The summed E-state index contributed by atoms with van der Waals surface area (Å²) < 4.78 is 0. The maximum atomic E-state index is 10.8. The van der Waals surface area contributed by atoms with Gasteiger partial charge in [0.05, 0.1) is 5.69 Å². The van der Waals surface area contributed by atoms with Crippen molar-refractivity contribution in [3.05, 3.63) is 114 Å². The van der Waals surface area contributed by atoms with Gasteiger partial charge in [0.1, 0.15) is 6.23 Å². The Morgan fingerprint density at radius 3 is 2.78 bits per heavy atom. The number of anilines is 1. The lowest BCUT2D eigenvalue weighted by Gasteiger charge is -2.15. The van der Waals surface area contributed by atoms with Gasteiger partial charge in [0.25, 0.3) is 0 Å². The highest BCUT2D eigenvalue weighted by Crippen LogP contribution is 2.41. The molecule has 3 aromatic rings. The highest BCUT2D eigenvalue weighted by molar-refractivity contribution is 5.53. The molecule has 0 amide bonds. The molecule has 1 saturated carbocycles. The Morgan fingerprint density at radius 1 is 1.03 bits per heavy atom. The molecule has 5 nitrogen and oxygen atoms in total. The Hall–Kier alpha value is -3.28. The van der Waals surface area contributed by atoms with E-state index < -0.39 is 6.23 Å². The van der Waals surface area contributed by atoms with Crippen molar-refractivity contribution in [3.63, 3.8) is 0 Å². The van der Waals surface area contributed by atoms with E-state index in [1.165, 1.54) is 5.56 Å². The molecule has 4 atom stereocenters. The lowest BCUT2D eigenvalue weighted by molar-refractivity contribution is 0.136. The van der Waals surface area contributed by atoms with E-state index >= 15 is 0 Å². The van der Waals surface area contributed by atoms with Crippen molar-refractivity contribution in [2.75, 3.05) is 5.32 Å². The van der Waals surface area contributed by atoms with Crippen LogP contribution in [0, 0.1) is 0 Å². The van der Waals surface area contributed by atoms with Crippen molar-refractivity contribution in [3.8, 4) is 0 Å². The Morgan fingerprint density at radius 2 is 1.94 bits per heavy atom. The summed E-state index contributed by atoms with van der Waals surface area (Å²) in [4.78, 5) is 8.65. The Bertz CT molecular complexity index is 1110. The smallest absolute Gasteiger partial charge is 0.131 e. The van der Waals surface area contributed by atoms with Gasteiger partial charge in [-0.15, -0.1) is 0 Å². The monoisotopic (exact) mass is 428 g/mol. The second-order valence-electron chi connectivity index (χ2n) is 8.54. The summed E-state index contributed by atoms with van der Waals surface area (Å²) in [5.74, 6) is 0.823. The lowest BCUT2D eigenvalue weighted by atomic mass is 9.99. The number of aliphatic hydroxyl groups excluding tert-OH is 1. The quantitative estimate of drug-likeness (QED) is 0.431. The van der Waals surface area contributed by atoms with Gasteiger partial charge in [0.15, 0.2) is 0 Å². The third-order valence-corrected chi connectivity index (χ3v) is 6.22. The second-order valence-corrected chi connectivity index (χ2v) is 8.54. The molecule has 1 fully saturated rings. The van der Waals surface area contributed by atoms with E-state index in [9.17, 15) is 5.11 Å². The van der Waals surface area contributed by atoms with Crippen LogP contribution in [-0.2, 0) is 0 Å². The van der Waals surface area contributed by atoms with Crippen LogP contribution in [0.2, 0.25) is 0 Å². The fourth-order valence-electron chi connectivity index (χ4n) is 4.35. The van der Waals surface area contributed by atoms with Crippen LogP contribution < -0.4 is 10.6 Å². The second kappa shape index (κ2) is 9.47. The van der Waals surface area contributed by atoms with Gasteiger partial charge in [0.2, 0.25) is 0 Å². The van der Waals surface area contributed by atoms with Gasteiger partial charge in [-0.25, -0.2) is 0 Å². The molecule has 0 radical (unpaired) electrons. The summed E-state index contributed by atoms with van der Waals surface area (Å²) in [5, 5.41) is 17.6. The zero-order valence-electron chi connectivity index (χ0n) is 17.9. The predicted molar refractivity (Wildman–Crippen MR) is 131 cm³/mol. The fourth-order valence-corrected chi connectivity index (χ4v) is 4.35. The summed E-state index contributed by atoms with van der Waals surface area (Å²) in [6.07, 6.45) is 14.0. The summed E-state index contributed by atoms with van der Waals surface area (Å²) in [6.45, 7) is 0. The van der Waals surface area contributed by atoms with Gasteiger partial charge >= 0.3 is 0 Å². The molecule has 0 aliphatic heterocycles. The molecule has 5 rings (SSSR count). The number of aliphatic hydroxyl groups is 1. The fraction of sp³-hybridized carbons (Fsp3) is 0.259. The van der Waals surface area contributed by atoms with Crippen LogP contribution in [0.4, 0.5) is 5.69 Å². The van der Waals surface area contributed by atoms with Gasteiger partial charge in [0, 0.05) is 50.7 Å². The van der Waals surface area contributed by atoms with Crippen molar-refractivity contribution in [2.24, 2.45) is 0 Å². The van der Waals surface area contributed by atoms with Crippen LogP contribution in [0.5, 0.6) is 0 Å². The first kappa shape index (κ1) is 20.6. The summed E-state index contributed by atoms with van der Waals surface area (Å²) in [7, 11) is 0.